The van der Waals surface area contributed by atoms with Crippen LogP contribution in [0.5, 0.6) is 0 Å². The number of hydrogen-bond donors (Lipinski definition) is 1. The van der Waals surface area contributed by atoms with Gasteiger partial charge in [-0.15, -0.1) is 0 Å². The number of fused-ring (bicyclic) bond motifs is 1. The van der Waals surface area contributed by atoms with Gasteiger partial charge in [0.25, 0.3) is 5.69 Å². The van der Waals surface area contributed by atoms with Crippen LogP contribution in [0.1, 0.15) is 19.8 Å². The highest BCUT2D eigenvalue weighted by Gasteiger charge is 2.21. The van der Waals surface area contributed by atoms with Gasteiger partial charge in [-0.1, -0.05) is 0 Å². The Kier molecular flexibility index (Phi) is 4.24. The van der Waals surface area contributed by atoms with Crippen molar-refractivity contribution in [2.75, 3.05) is 13.1 Å². The molecule has 3 rings (SSSR count). The molecule has 0 radical (unpaired) electrons. The molecule has 1 aliphatic rings. The molecule has 1 aromatic heterocycles. The Morgan fingerprint density at radius 1 is 1.52 bits per heavy atom. The van der Waals surface area contributed by atoms with E-state index in [0.29, 0.717) is 6.67 Å². The zero-order valence-corrected chi connectivity index (χ0v) is 12.9. The number of carbonyl (C=O) groups excluding carboxylic acids is 1. The van der Waals surface area contributed by atoms with Crippen LogP contribution in [0.3, 0.4) is 0 Å². The van der Waals surface area contributed by atoms with Gasteiger partial charge < -0.3 is 5.32 Å². The van der Waals surface area contributed by atoms with Crippen LogP contribution in [-0.2, 0) is 11.5 Å². The summed E-state index contributed by atoms with van der Waals surface area (Å²) in [4.78, 5) is 23.9. The molecular formula is C15H19N5O3. The van der Waals surface area contributed by atoms with Crippen LogP contribution < -0.4 is 5.32 Å². The van der Waals surface area contributed by atoms with E-state index >= 15 is 0 Å². The molecule has 0 saturated carbocycles. The molecule has 1 aliphatic heterocycles. The van der Waals surface area contributed by atoms with Crippen molar-refractivity contribution in [3.05, 3.63) is 34.5 Å². The van der Waals surface area contributed by atoms with Crippen molar-refractivity contribution in [3.8, 4) is 0 Å². The van der Waals surface area contributed by atoms with E-state index in [1.54, 1.807) is 23.0 Å². The van der Waals surface area contributed by atoms with Gasteiger partial charge in [-0.2, -0.15) is 5.10 Å². The first-order valence-electron chi connectivity index (χ1n) is 7.62. The highest BCUT2D eigenvalue weighted by Crippen LogP contribution is 2.21. The molecule has 8 heteroatoms. The SMILES string of the molecule is CC(=O)N[C@@H]1CCCN(Cn2ncc3ccc([N+](=O)[O-])cc32)C1. The minimum absolute atomic E-state index is 0.0167. The summed E-state index contributed by atoms with van der Waals surface area (Å²) in [5.41, 5.74) is 0.815. The zero-order chi connectivity index (χ0) is 16.4. The van der Waals surface area contributed by atoms with Gasteiger partial charge in [0.1, 0.15) is 0 Å². The molecular weight excluding hydrogens is 298 g/mol. The lowest BCUT2D eigenvalue weighted by Crippen LogP contribution is -2.47. The van der Waals surface area contributed by atoms with E-state index in [9.17, 15) is 14.9 Å². The number of nitrogens with one attached hydrogen (secondary N) is 1. The van der Waals surface area contributed by atoms with Crippen LogP contribution in [0, 0.1) is 10.1 Å². The standard InChI is InChI=1S/C15H19N5O3/c1-11(21)17-13-3-2-6-18(9-13)10-19-15-7-14(20(22)23)5-4-12(15)8-16-19/h4-5,7-8,13H,2-3,6,9-10H2,1H3,(H,17,21)/t13-/m1/s1. The molecule has 1 atom stereocenters. The molecule has 1 aromatic carbocycles. The third-order valence-electron chi connectivity index (χ3n) is 4.09. The van der Waals surface area contributed by atoms with Gasteiger partial charge in [0.15, 0.2) is 0 Å². The maximum atomic E-state index is 11.2. The summed E-state index contributed by atoms with van der Waals surface area (Å²) in [6.07, 6.45) is 3.69. The zero-order valence-electron chi connectivity index (χ0n) is 12.9. The number of likely N-dealkylation sites (tertiary alicyclic amines) is 1. The predicted octanol–water partition coefficient (Wildman–Crippen LogP) is 1.50. The third kappa shape index (κ3) is 3.48. The molecule has 1 fully saturated rings. The smallest absolute Gasteiger partial charge is 0.271 e. The summed E-state index contributed by atoms with van der Waals surface area (Å²) >= 11 is 0. The molecule has 1 N–H and O–H groups in total. The van der Waals surface area contributed by atoms with Gasteiger partial charge >= 0.3 is 0 Å². The molecule has 0 spiro atoms. The number of rotatable bonds is 4. The summed E-state index contributed by atoms with van der Waals surface area (Å²) in [6.45, 7) is 3.77. The molecule has 2 aromatic rings. The highest BCUT2D eigenvalue weighted by atomic mass is 16.6. The average molecular weight is 317 g/mol. The first-order chi connectivity index (χ1) is 11.0. The molecule has 1 amide bonds. The maximum absolute atomic E-state index is 11.2. The lowest BCUT2D eigenvalue weighted by molar-refractivity contribution is -0.384. The molecule has 122 valence electrons. The van der Waals surface area contributed by atoms with E-state index in [1.165, 1.54) is 13.0 Å². The third-order valence-corrected chi connectivity index (χ3v) is 4.09. The predicted molar refractivity (Wildman–Crippen MR) is 84.8 cm³/mol. The van der Waals surface area contributed by atoms with E-state index in [1.807, 2.05) is 0 Å². The van der Waals surface area contributed by atoms with Crippen molar-refractivity contribution in [1.29, 1.82) is 0 Å². The molecule has 0 unspecified atom stereocenters. The number of nitro groups is 1. The Morgan fingerprint density at radius 2 is 2.35 bits per heavy atom. The molecule has 23 heavy (non-hydrogen) atoms. The van der Waals surface area contributed by atoms with E-state index in [2.05, 4.69) is 15.3 Å². The van der Waals surface area contributed by atoms with Crippen molar-refractivity contribution in [2.45, 2.75) is 32.5 Å². The summed E-state index contributed by atoms with van der Waals surface area (Å²) < 4.78 is 1.78. The Hall–Kier alpha value is -2.48. The van der Waals surface area contributed by atoms with Crippen molar-refractivity contribution in [2.24, 2.45) is 0 Å². The highest BCUT2D eigenvalue weighted by molar-refractivity contribution is 5.80. The Balaban J connectivity index is 1.77. The minimum atomic E-state index is -0.398. The number of nitro benzene ring substituents is 1. The average Bonchev–Trinajstić information content (AvgIpc) is 2.89. The second kappa shape index (κ2) is 6.33. The second-order valence-electron chi connectivity index (χ2n) is 5.90. The second-order valence-corrected chi connectivity index (χ2v) is 5.90. The quantitative estimate of drug-likeness (QED) is 0.681. The van der Waals surface area contributed by atoms with Crippen LogP contribution in [0.4, 0.5) is 5.69 Å². The molecule has 8 nitrogen and oxygen atoms in total. The van der Waals surface area contributed by atoms with Crippen molar-refractivity contribution in [1.82, 2.24) is 20.0 Å². The largest absolute Gasteiger partial charge is 0.352 e. The van der Waals surface area contributed by atoms with Gasteiger partial charge in [-0.05, 0) is 18.9 Å². The van der Waals surface area contributed by atoms with Gasteiger partial charge in [0.05, 0.1) is 23.3 Å². The Morgan fingerprint density at radius 3 is 3.09 bits per heavy atom. The number of aromatic nitrogens is 2. The Bertz CT molecular complexity index is 742. The summed E-state index contributed by atoms with van der Waals surface area (Å²) in [5, 5.41) is 19.1. The van der Waals surface area contributed by atoms with Crippen molar-refractivity contribution >= 4 is 22.5 Å². The lowest BCUT2D eigenvalue weighted by Gasteiger charge is -2.32. The van der Waals surface area contributed by atoms with Crippen LogP contribution in [0.15, 0.2) is 24.4 Å². The fourth-order valence-electron chi connectivity index (χ4n) is 3.06. The number of hydrogen-bond acceptors (Lipinski definition) is 5. The van der Waals surface area contributed by atoms with E-state index in [0.717, 1.165) is 36.8 Å². The first-order valence-corrected chi connectivity index (χ1v) is 7.62. The fraction of sp³-hybridized carbons (Fsp3) is 0.467. The van der Waals surface area contributed by atoms with Crippen LogP contribution in [0.25, 0.3) is 10.9 Å². The normalized spacial score (nSPS) is 18.9. The number of piperidine rings is 1. The number of non-ortho nitro benzene ring substituents is 1. The van der Waals surface area contributed by atoms with E-state index in [4.69, 9.17) is 0 Å². The first kappa shape index (κ1) is 15.4. The summed E-state index contributed by atoms with van der Waals surface area (Å²) in [6, 6.07) is 4.91. The summed E-state index contributed by atoms with van der Waals surface area (Å²) in [5.74, 6) is -0.0167. The number of amides is 1. The fourth-order valence-corrected chi connectivity index (χ4v) is 3.06. The van der Waals surface area contributed by atoms with Gasteiger partial charge in [-0.3, -0.25) is 24.5 Å². The number of benzene rings is 1. The Labute approximate surface area is 133 Å². The molecule has 0 aliphatic carbocycles. The summed E-state index contributed by atoms with van der Waals surface area (Å²) in [7, 11) is 0. The molecule has 2 heterocycles. The monoisotopic (exact) mass is 317 g/mol. The van der Waals surface area contributed by atoms with Crippen molar-refractivity contribution in [3.63, 3.8) is 0 Å². The van der Waals surface area contributed by atoms with Crippen LogP contribution in [-0.4, -0.2) is 44.6 Å². The van der Waals surface area contributed by atoms with Gasteiger partial charge in [0.2, 0.25) is 5.91 Å². The lowest BCUT2D eigenvalue weighted by atomic mass is 10.1. The van der Waals surface area contributed by atoms with Crippen molar-refractivity contribution < 1.29 is 9.72 Å². The molecule has 1 saturated heterocycles. The number of nitrogens with zero attached hydrogens (tertiary/aromatic N) is 4. The van der Waals surface area contributed by atoms with Crippen LogP contribution in [0.2, 0.25) is 0 Å². The van der Waals surface area contributed by atoms with Gasteiger partial charge in [-0.25, -0.2) is 0 Å². The van der Waals surface area contributed by atoms with Gasteiger partial charge in [0, 0.05) is 43.6 Å². The van der Waals surface area contributed by atoms with E-state index in [-0.39, 0.29) is 17.6 Å². The maximum Gasteiger partial charge on any atom is 0.271 e. The van der Waals surface area contributed by atoms with E-state index < -0.39 is 4.92 Å². The van der Waals surface area contributed by atoms with Crippen LogP contribution >= 0.6 is 0 Å². The number of carbonyl (C=O) groups is 1. The molecule has 0 bridgehead atoms. The minimum Gasteiger partial charge on any atom is -0.352 e. The topological polar surface area (TPSA) is 93.3 Å².